The summed E-state index contributed by atoms with van der Waals surface area (Å²) in [4.78, 5) is 0. The maximum absolute atomic E-state index is 2.32. The second-order valence-corrected chi connectivity index (χ2v) is 4.77. The largest absolute Gasteiger partial charge is 0.0760 e. The second-order valence-electron chi connectivity index (χ2n) is 4.77. The lowest BCUT2D eigenvalue weighted by molar-refractivity contribution is 0.717. The predicted molar refractivity (Wildman–Crippen MR) is 59.5 cm³/mol. The standard InChI is InChI=1S/C14H16/c1-9(2)14-12-7-8-13(14)11-6-4-3-5-10(11)12/h3-6,12-13H,7-8H2,1-2H3. The second kappa shape index (κ2) is 2.73. The Hall–Kier alpha value is -1.04. The molecule has 14 heavy (non-hydrogen) atoms. The third-order valence-electron chi connectivity index (χ3n) is 3.82. The van der Waals surface area contributed by atoms with Crippen LogP contribution in [-0.4, -0.2) is 0 Å². The molecule has 0 heterocycles. The van der Waals surface area contributed by atoms with Crippen LogP contribution in [-0.2, 0) is 0 Å². The molecule has 2 aliphatic rings. The van der Waals surface area contributed by atoms with E-state index < -0.39 is 0 Å². The minimum atomic E-state index is 0.765. The number of hydrogen-bond donors (Lipinski definition) is 0. The van der Waals surface area contributed by atoms with Gasteiger partial charge in [0, 0.05) is 11.8 Å². The maximum Gasteiger partial charge on any atom is 0.00600 e. The fourth-order valence-corrected chi connectivity index (χ4v) is 3.38. The molecule has 72 valence electrons. The van der Waals surface area contributed by atoms with Crippen LogP contribution >= 0.6 is 0 Å². The van der Waals surface area contributed by atoms with Gasteiger partial charge in [0.2, 0.25) is 0 Å². The molecule has 0 nitrogen and oxygen atoms in total. The molecular weight excluding hydrogens is 168 g/mol. The molecule has 2 aliphatic carbocycles. The van der Waals surface area contributed by atoms with Gasteiger partial charge in [0.1, 0.15) is 0 Å². The van der Waals surface area contributed by atoms with E-state index in [1.54, 1.807) is 22.3 Å². The molecule has 0 spiro atoms. The summed E-state index contributed by atoms with van der Waals surface area (Å²) < 4.78 is 0. The minimum Gasteiger partial charge on any atom is -0.0760 e. The summed E-state index contributed by atoms with van der Waals surface area (Å²) >= 11 is 0. The molecule has 0 saturated heterocycles. The average molecular weight is 184 g/mol. The SMILES string of the molecule is CC(C)=C1C2CCC1c1ccccc12. The van der Waals surface area contributed by atoms with Crippen molar-refractivity contribution in [3.8, 4) is 0 Å². The van der Waals surface area contributed by atoms with Crippen molar-refractivity contribution >= 4 is 0 Å². The highest BCUT2D eigenvalue weighted by molar-refractivity contribution is 5.54. The van der Waals surface area contributed by atoms with Crippen LogP contribution in [0, 0.1) is 0 Å². The zero-order valence-electron chi connectivity index (χ0n) is 8.88. The van der Waals surface area contributed by atoms with Crippen LogP contribution in [0.3, 0.4) is 0 Å². The molecule has 2 unspecified atom stereocenters. The Morgan fingerprint density at radius 1 is 1.00 bits per heavy atom. The van der Waals surface area contributed by atoms with Crippen LogP contribution in [0.2, 0.25) is 0 Å². The highest BCUT2D eigenvalue weighted by Gasteiger charge is 2.41. The van der Waals surface area contributed by atoms with E-state index in [4.69, 9.17) is 0 Å². The summed E-state index contributed by atoms with van der Waals surface area (Å²) in [6, 6.07) is 9.01. The summed E-state index contributed by atoms with van der Waals surface area (Å²) in [7, 11) is 0. The van der Waals surface area contributed by atoms with E-state index in [9.17, 15) is 0 Å². The molecule has 1 fully saturated rings. The first-order chi connectivity index (χ1) is 6.79. The number of allylic oxidation sites excluding steroid dienone is 2. The van der Waals surface area contributed by atoms with Crippen molar-refractivity contribution in [3.05, 3.63) is 46.5 Å². The first kappa shape index (κ1) is 8.28. The van der Waals surface area contributed by atoms with Crippen LogP contribution in [0.25, 0.3) is 0 Å². The lowest BCUT2D eigenvalue weighted by Crippen LogP contribution is -1.95. The van der Waals surface area contributed by atoms with Gasteiger partial charge in [-0.15, -0.1) is 0 Å². The molecule has 0 radical (unpaired) electrons. The van der Waals surface area contributed by atoms with Crippen LogP contribution in [0.15, 0.2) is 35.4 Å². The van der Waals surface area contributed by atoms with E-state index in [-0.39, 0.29) is 0 Å². The molecule has 1 aromatic carbocycles. The number of rotatable bonds is 0. The molecule has 2 bridgehead atoms. The Kier molecular flexibility index (Phi) is 1.61. The smallest absolute Gasteiger partial charge is 0.00600 e. The fourth-order valence-electron chi connectivity index (χ4n) is 3.38. The van der Waals surface area contributed by atoms with Gasteiger partial charge in [-0.05, 0) is 37.8 Å². The van der Waals surface area contributed by atoms with Crippen molar-refractivity contribution in [2.45, 2.75) is 38.5 Å². The highest BCUT2D eigenvalue weighted by Crippen LogP contribution is 2.57. The lowest BCUT2D eigenvalue weighted by atomic mass is 9.92. The summed E-state index contributed by atoms with van der Waals surface area (Å²) in [6.07, 6.45) is 2.75. The topological polar surface area (TPSA) is 0 Å². The number of fused-ring (bicyclic) bond motifs is 5. The fraction of sp³-hybridized carbons (Fsp3) is 0.429. The normalized spacial score (nSPS) is 28.0. The third-order valence-corrected chi connectivity index (χ3v) is 3.82. The van der Waals surface area contributed by atoms with Crippen LogP contribution in [0.1, 0.15) is 49.7 Å². The van der Waals surface area contributed by atoms with E-state index in [2.05, 4.69) is 38.1 Å². The van der Waals surface area contributed by atoms with Gasteiger partial charge in [0.05, 0.1) is 0 Å². The van der Waals surface area contributed by atoms with Gasteiger partial charge in [-0.2, -0.15) is 0 Å². The Balaban J connectivity index is 2.23. The van der Waals surface area contributed by atoms with Crippen molar-refractivity contribution in [2.24, 2.45) is 0 Å². The average Bonchev–Trinajstić information content (AvgIpc) is 2.73. The number of benzene rings is 1. The molecule has 1 saturated carbocycles. The molecule has 1 aromatic rings. The van der Waals surface area contributed by atoms with E-state index in [0.29, 0.717) is 0 Å². The van der Waals surface area contributed by atoms with Gasteiger partial charge in [0.25, 0.3) is 0 Å². The van der Waals surface area contributed by atoms with Crippen molar-refractivity contribution in [1.82, 2.24) is 0 Å². The van der Waals surface area contributed by atoms with Gasteiger partial charge >= 0.3 is 0 Å². The molecular formula is C14H16. The lowest BCUT2D eigenvalue weighted by Gasteiger charge is -2.12. The molecule has 0 aliphatic heterocycles. The van der Waals surface area contributed by atoms with Gasteiger partial charge in [-0.1, -0.05) is 35.4 Å². The summed E-state index contributed by atoms with van der Waals surface area (Å²) in [5.41, 5.74) is 6.50. The monoisotopic (exact) mass is 184 g/mol. The Bertz CT molecular complexity index is 375. The quantitative estimate of drug-likeness (QED) is 0.535. The van der Waals surface area contributed by atoms with Gasteiger partial charge in [0.15, 0.2) is 0 Å². The predicted octanol–water partition coefficient (Wildman–Crippen LogP) is 4.00. The van der Waals surface area contributed by atoms with E-state index >= 15 is 0 Å². The minimum absolute atomic E-state index is 0.765. The Labute approximate surface area is 85.6 Å². The zero-order chi connectivity index (χ0) is 9.71. The summed E-state index contributed by atoms with van der Waals surface area (Å²) in [5, 5.41) is 0. The first-order valence-electron chi connectivity index (χ1n) is 5.55. The maximum atomic E-state index is 2.32. The van der Waals surface area contributed by atoms with Crippen molar-refractivity contribution in [2.75, 3.05) is 0 Å². The zero-order valence-corrected chi connectivity index (χ0v) is 8.88. The molecule has 0 N–H and O–H groups in total. The van der Waals surface area contributed by atoms with Crippen molar-refractivity contribution in [3.63, 3.8) is 0 Å². The van der Waals surface area contributed by atoms with E-state index in [0.717, 1.165) is 11.8 Å². The van der Waals surface area contributed by atoms with Gasteiger partial charge in [-0.25, -0.2) is 0 Å². The van der Waals surface area contributed by atoms with E-state index in [1.807, 2.05) is 0 Å². The van der Waals surface area contributed by atoms with Crippen LogP contribution in [0.4, 0.5) is 0 Å². The molecule has 0 aromatic heterocycles. The molecule has 0 heteroatoms. The number of hydrogen-bond acceptors (Lipinski definition) is 0. The van der Waals surface area contributed by atoms with Gasteiger partial charge < -0.3 is 0 Å². The van der Waals surface area contributed by atoms with Gasteiger partial charge in [-0.3, -0.25) is 0 Å². The molecule has 0 amide bonds. The molecule has 2 atom stereocenters. The van der Waals surface area contributed by atoms with Crippen LogP contribution < -0.4 is 0 Å². The highest BCUT2D eigenvalue weighted by atomic mass is 14.4. The Morgan fingerprint density at radius 3 is 1.93 bits per heavy atom. The van der Waals surface area contributed by atoms with Crippen molar-refractivity contribution < 1.29 is 0 Å². The Morgan fingerprint density at radius 2 is 1.50 bits per heavy atom. The summed E-state index contributed by atoms with van der Waals surface area (Å²) in [6.45, 7) is 4.54. The van der Waals surface area contributed by atoms with Crippen molar-refractivity contribution in [1.29, 1.82) is 0 Å². The third kappa shape index (κ3) is 0.890. The first-order valence-corrected chi connectivity index (χ1v) is 5.55. The van der Waals surface area contributed by atoms with E-state index in [1.165, 1.54) is 12.8 Å². The van der Waals surface area contributed by atoms with Crippen LogP contribution in [0.5, 0.6) is 0 Å². The molecule has 3 rings (SSSR count). The summed E-state index contributed by atoms with van der Waals surface area (Å²) in [5.74, 6) is 1.53.